The third-order valence-electron chi connectivity index (χ3n) is 9.24. The topological polar surface area (TPSA) is 106 Å². The van der Waals surface area contributed by atoms with Gasteiger partial charge in [0.05, 0.1) is 38.0 Å². The van der Waals surface area contributed by atoms with Crippen molar-refractivity contribution in [3.05, 3.63) is 89.4 Å². The van der Waals surface area contributed by atoms with Crippen molar-refractivity contribution < 1.29 is 28.1 Å². The van der Waals surface area contributed by atoms with Crippen molar-refractivity contribution in [3.8, 4) is 5.75 Å². The number of carbonyl (C=O) groups is 1. The van der Waals surface area contributed by atoms with Gasteiger partial charge in [-0.05, 0) is 56.6 Å². The third-order valence-corrected chi connectivity index (χ3v) is 9.24. The maximum Gasteiger partial charge on any atom is 0.240 e. The largest absolute Gasteiger partial charge is 0.489 e. The molecule has 2 aromatic carbocycles. The van der Waals surface area contributed by atoms with Crippen LogP contribution in [0.3, 0.4) is 0 Å². The molecule has 2 fully saturated rings. The number of ether oxygens (including phenoxy) is 4. The highest BCUT2D eigenvalue weighted by molar-refractivity contribution is 5.82. The molecule has 11 nitrogen and oxygen atoms in total. The maximum absolute atomic E-state index is 15.2. The van der Waals surface area contributed by atoms with Crippen LogP contribution in [0.1, 0.15) is 30.7 Å². The van der Waals surface area contributed by atoms with Crippen LogP contribution in [0.25, 0.3) is 0 Å². The summed E-state index contributed by atoms with van der Waals surface area (Å²) in [6, 6.07) is 19.7. The number of aromatic nitrogens is 1. The number of pyridine rings is 1. The third kappa shape index (κ3) is 10.9. The average Bonchev–Trinajstić information content (AvgIpc) is 3.11. The van der Waals surface area contributed by atoms with Gasteiger partial charge in [-0.3, -0.25) is 14.6 Å². The Bertz CT molecular complexity index is 1470. The first-order chi connectivity index (χ1) is 24.3. The van der Waals surface area contributed by atoms with Crippen molar-refractivity contribution in [3.63, 3.8) is 0 Å². The molecule has 0 spiro atoms. The second-order valence-electron chi connectivity index (χ2n) is 12.9. The summed E-state index contributed by atoms with van der Waals surface area (Å²) in [5.74, 6) is 0.476. The number of anilines is 1. The number of rotatable bonds is 19. The lowest BCUT2D eigenvalue weighted by Gasteiger charge is -2.45. The van der Waals surface area contributed by atoms with Gasteiger partial charge < -0.3 is 34.5 Å². The number of nitrogens with zero attached hydrogens (tertiary/aromatic N) is 5. The number of likely N-dealkylation sites (N-methyl/N-ethyl adjacent to an activating group) is 1. The van der Waals surface area contributed by atoms with Gasteiger partial charge in [0, 0.05) is 64.6 Å². The zero-order valence-corrected chi connectivity index (χ0v) is 29.7. The van der Waals surface area contributed by atoms with Crippen molar-refractivity contribution in [1.82, 2.24) is 19.7 Å². The molecular formula is C38H53FN6O5. The summed E-state index contributed by atoms with van der Waals surface area (Å²) in [6.45, 7) is 12.8. The Balaban J connectivity index is 1.20. The van der Waals surface area contributed by atoms with E-state index < -0.39 is 18.1 Å². The molecule has 2 N–H and O–H groups in total. The van der Waals surface area contributed by atoms with E-state index in [0.717, 1.165) is 69.6 Å². The summed E-state index contributed by atoms with van der Waals surface area (Å²) in [5.41, 5.74) is 8.53. The molecular weight excluding hydrogens is 639 g/mol. The monoisotopic (exact) mass is 692 g/mol. The van der Waals surface area contributed by atoms with Gasteiger partial charge in [-0.15, -0.1) is 0 Å². The van der Waals surface area contributed by atoms with Crippen LogP contribution in [0.4, 0.5) is 10.2 Å². The Morgan fingerprint density at radius 3 is 2.48 bits per heavy atom. The van der Waals surface area contributed by atoms with E-state index in [1.807, 2.05) is 62.4 Å². The minimum atomic E-state index is -0.989. The van der Waals surface area contributed by atoms with E-state index in [1.165, 1.54) is 6.07 Å². The quantitative estimate of drug-likeness (QED) is 0.188. The number of hydrogen-bond acceptors (Lipinski definition) is 10. The molecule has 12 heteroatoms. The lowest BCUT2D eigenvalue weighted by atomic mass is 10.0. The van der Waals surface area contributed by atoms with Crippen LogP contribution in [0, 0.1) is 5.82 Å². The first kappa shape index (κ1) is 37.6. The van der Waals surface area contributed by atoms with Crippen LogP contribution in [0.5, 0.6) is 5.75 Å². The number of morpholine rings is 1. The predicted octanol–water partition coefficient (Wildman–Crippen LogP) is 3.55. The van der Waals surface area contributed by atoms with Gasteiger partial charge in [0.2, 0.25) is 5.91 Å². The van der Waals surface area contributed by atoms with E-state index in [4.69, 9.17) is 29.7 Å². The van der Waals surface area contributed by atoms with Gasteiger partial charge in [0.15, 0.2) is 6.29 Å². The van der Waals surface area contributed by atoms with E-state index in [-0.39, 0.29) is 25.4 Å². The van der Waals surface area contributed by atoms with Crippen LogP contribution < -0.4 is 15.4 Å². The highest BCUT2D eigenvalue weighted by Gasteiger charge is 2.32. The van der Waals surface area contributed by atoms with E-state index >= 15 is 4.39 Å². The summed E-state index contributed by atoms with van der Waals surface area (Å²) in [6.07, 6.45) is -0.610. The smallest absolute Gasteiger partial charge is 0.240 e. The van der Waals surface area contributed by atoms with E-state index in [2.05, 4.69) is 21.7 Å². The molecule has 272 valence electrons. The van der Waals surface area contributed by atoms with Crippen molar-refractivity contribution in [2.75, 3.05) is 84.2 Å². The Morgan fingerprint density at radius 2 is 1.78 bits per heavy atom. The Hall–Kier alpha value is -3.65. The van der Waals surface area contributed by atoms with Gasteiger partial charge in [-0.25, -0.2) is 9.37 Å². The fourth-order valence-corrected chi connectivity index (χ4v) is 6.18. The Labute approximate surface area is 296 Å². The number of amides is 1. The molecule has 2 aliphatic heterocycles. The SMILES string of the molecule is CCOC(CN(Cc1cccc(N2CC(N(C)CCN3CCOCC3)C2)n1)C(=O)[C@@H](N)Cc1ccc(OCc2ccccc2)cc1F)OCC. The van der Waals surface area contributed by atoms with Crippen LogP contribution >= 0.6 is 0 Å². The fourth-order valence-electron chi connectivity index (χ4n) is 6.18. The number of benzene rings is 2. The van der Waals surface area contributed by atoms with Crippen molar-refractivity contribution in [1.29, 1.82) is 0 Å². The number of nitrogens with two attached hydrogens (primary N) is 1. The molecule has 2 saturated heterocycles. The van der Waals surface area contributed by atoms with Crippen molar-refractivity contribution in [2.45, 2.75) is 51.8 Å². The molecule has 1 amide bonds. The normalized spacial score (nSPS) is 16.1. The predicted molar refractivity (Wildman–Crippen MR) is 191 cm³/mol. The van der Waals surface area contributed by atoms with Crippen LogP contribution in [-0.4, -0.2) is 123 Å². The lowest BCUT2D eigenvalue weighted by molar-refractivity contribution is -0.160. The minimum absolute atomic E-state index is 0.0236. The zero-order chi connectivity index (χ0) is 35.3. The standard InChI is InChI=1S/C38H53FN6O5/c1-4-48-37(49-5-2)27-45(38(46)35(40)22-30-14-15-33(23-34(30)39)50-28-29-10-7-6-8-11-29)24-31-12-9-13-36(41-31)44-25-32(26-44)42(3)16-17-43-18-20-47-21-19-43/h6-15,23,32,35,37H,4-5,16-22,24-28,40H2,1-3H3/t35-/m0/s1. The van der Waals surface area contributed by atoms with Crippen molar-refractivity contribution in [2.24, 2.45) is 5.73 Å². The summed E-state index contributed by atoms with van der Waals surface area (Å²) in [5, 5.41) is 0. The van der Waals surface area contributed by atoms with Gasteiger partial charge in [0.1, 0.15) is 24.0 Å². The number of carbonyl (C=O) groups excluding carboxylic acids is 1. The first-order valence-electron chi connectivity index (χ1n) is 17.8. The summed E-state index contributed by atoms with van der Waals surface area (Å²) in [4.78, 5) is 27.6. The van der Waals surface area contributed by atoms with Gasteiger partial charge in [-0.2, -0.15) is 0 Å². The first-order valence-corrected chi connectivity index (χ1v) is 17.8. The molecule has 3 aromatic rings. The molecule has 1 aromatic heterocycles. The van der Waals surface area contributed by atoms with Gasteiger partial charge in [-0.1, -0.05) is 42.5 Å². The number of hydrogen-bond donors (Lipinski definition) is 1. The second kappa shape index (κ2) is 19.1. The van der Waals surface area contributed by atoms with Gasteiger partial charge in [0.25, 0.3) is 0 Å². The molecule has 50 heavy (non-hydrogen) atoms. The average molecular weight is 693 g/mol. The highest BCUT2D eigenvalue weighted by atomic mass is 19.1. The van der Waals surface area contributed by atoms with Crippen LogP contribution in [-0.2, 0) is 38.6 Å². The second-order valence-corrected chi connectivity index (χ2v) is 12.9. The van der Waals surface area contributed by atoms with Crippen LogP contribution in [0.2, 0.25) is 0 Å². The molecule has 0 saturated carbocycles. The molecule has 5 rings (SSSR count). The van der Waals surface area contributed by atoms with Gasteiger partial charge >= 0.3 is 0 Å². The van der Waals surface area contributed by atoms with E-state index in [9.17, 15) is 4.79 Å². The minimum Gasteiger partial charge on any atom is -0.489 e. The van der Waals surface area contributed by atoms with Crippen molar-refractivity contribution >= 4 is 11.7 Å². The zero-order valence-electron chi connectivity index (χ0n) is 29.7. The number of halogens is 1. The van der Waals surface area contributed by atoms with E-state index in [1.54, 1.807) is 17.0 Å². The van der Waals surface area contributed by atoms with E-state index in [0.29, 0.717) is 37.2 Å². The molecule has 2 aliphatic rings. The summed E-state index contributed by atoms with van der Waals surface area (Å²) >= 11 is 0. The van der Waals surface area contributed by atoms with Crippen LogP contribution in [0.15, 0.2) is 66.7 Å². The molecule has 0 radical (unpaired) electrons. The molecule has 0 unspecified atom stereocenters. The fraction of sp³-hybridized carbons (Fsp3) is 0.526. The molecule has 0 aliphatic carbocycles. The lowest BCUT2D eigenvalue weighted by Crippen LogP contribution is -2.59. The highest BCUT2D eigenvalue weighted by Crippen LogP contribution is 2.23. The Morgan fingerprint density at radius 1 is 1.04 bits per heavy atom. The maximum atomic E-state index is 15.2. The Kier molecular flexibility index (Phi) is 14.4. The molecule has 3 heterocycles. The molecule has 0 bridgehead atoms. The summed E-state index contributed by atoms with van der Waals surface area (Å²) < 4.78 is 38.0. The molecule has 1 atom stereocenters. The summed E-state index contributed by atoms with van der Waals surface area (Å²) in [7, 11) is 2.19.